The largest absolute Gasteiger partial charge is 0.294 e. The van der Waals surface area contributed by atoms with Crippen molar-refractivity contribution >= 4 is 5.78 Å². The van der Waals surface area contributed by atoms with Crippen LogP contribution < -0.4 is 0 Å². The summed E-state index contributed by atoms with van der Waals surface area (Å²) >= 11 is 0. The van der Waals surface area contributed by atoms with Crippen molar-refractivity contribution in [3.8, 4) is 0 Å². The van der Waals surface area contributed by atoms with Gasteiger partial charge in [-0.05, 0) is 12.5 Å². The minimum Gasteiger partial charge on any atom is -0.294 e. The third kappa shape index (κ3) is 0.604. The summed E-state index contributed by atoms with van der Waals surface area (Å²) in [6.07, 6.45) is 0.650. The third-order valence-electron chi connectivity index (χ3n) is 1.91. The fourth-order valence-electron chi connectivity index (χ4n) is 1.30. The quantitative estimate of drug-likeness (QED) is 0.525. The number of rotatable bonds is 0. The molecule has 0 radical (unpaired) electrons. The molecule has 0 aromatic heterocycles. The average molecular weight is 132 g/mol. The number of hydrogen-bond donors (Lipinski definition) is 0. The number of carbonyl (C=O) groups is 1. The SMILES string of the molecule is Cc1ccc2c(c1)CC2=O. The molecule has 0 amide bonds. The van der Waals surface area contributed by atoms with E-state index in [9.17, 15) is 4.79 Å². The van der Waals surface area contributed by atoms with Gasteiger partial charge in [0.25, 0.3) is 0 Å². The zero-order valence-electron chi connectivity index (χ0n) is 5.85. The highest BCUT2D eigenvalue weighted by Crippen LogP contribution is 2.23. The van der Waals surface area contributed by atoms with E-state index in [0.29, 0.717) is 6.42 Å². The van der Waals surface area contributed by atoms with Crippen molar-refractivity contribution in [1.29, 1.82) is 0 Å². The fraction of sp³-hybridized carbons (Fsp3) is 0.222. The topological polar surface area (TPSA) is 17.1 Å². The molecule has 0 saturated carbocycles. The Morgan fingerprint density at radius 1 is 1.40 bits per heavy atom. The number of Topliss-reactive ketones (excluding diaryl/α,β-unsaturated/α-hetero) is 1. The molecule has 0 unspecified atom stereocenters. The van der Waals surface area contributed by atoms with Gasteiger partial charge in [-0.1, -0.05) is 23.8 Å². The lowest BCUT2D eigenvalue weighted by atomic mass is 9.86. The van der Waals surface area contributed by atoms with Gasteiger partial charge in [0.1, 0.15) is 0 Å². The Labute approximate surface area is 59.7 Å². The van der Waals surface area contributed by atoms with Crippen LogP contribution in [0.15, 0.2) is 18.2 Å². The van der Waals surface area contributed by atoms with Gasteiger partial charge in [-0.3, -0.25) is 4.79 Å². The van der Waals surface area contributed by atoms with E-state index >= 15 is 0 Å². The standard InChI is InChI=1S/C9H8O/c1-6-2-3-8-7(4-6)5-9(8)10/h2-4H,5H2,1H3. The van der Waals surface area contributed by atoms with E-state index in [4.69, 9.17) is 0 Å². The van der Waals surface area contributed by atoms with E-state index in [1.165, 1.54) is 11.1 Å². The van der Waals surface area contributed by atoms with Crippen molar-refractivity contribution < 1.29 is 4.79 Å². The third-order valence-corrected chi connectivity index (χ3v) is 1.91. The first-order valence-corrected chi connectivity index (χ1v) is 3.40. The molecule has 0 aliphatic heterocycles. The molecule has 1 nitrogen and oxygen atoms in total. The summed E-state index contributed by atoms with van der Waals surface area (Å²) < 4.78 is 0. The first kappa shape index (κ1) is 5.66. The van der Waals surface area contributed by atoms with Crippen LogP contribution in [-0.4, -0.2) is 5.78 Å². The van der Waals surface area contributed by atoms with Crippen molar-refractivity contribution in [3.05, 3.63) is 34.9 Å². The van der Waals surface area contributed by atoms with Gasteiger partial charge >= 0.3 is 0 Å². The Morgan fingerprint density at radius 2 is 2.20 bits per heavy atom. The molecule has 1 aliphatic carbocycles. The Balaban J connectivity index is 2.59. The zero-order chi connectivity index (χ0) is 7.14. The molecule has 1 heteroatoms. The van der Waals surface area contributed by atoms with Crippen LogP contribution in [0.1, 0.15) is 21.5 Å². The van der Waals surface area contributed by atoms with E-state index in [0.717, 1.165) is 5.56 Å². The Kier molecular flexibility index (Phi) is 0.956. The minimum absolute atomic E-state index is 0.287. The van der Waals surface area contributed by atoms with Gasteiger partial charge in [0.15, 0.2) is 5.78 Å². The van der Waals surface area contributed by atoms with Crippen LogP contribution >= 0.6 is 0 Å². The second-order valence-corrected chi connectivity index (χ2v) is 2.76. The zero-order valence-corrected chi connectivity index (χ0v) is 5.85. The lowest BCUT2D eigenvalue weighted by Gasteiger charge is -2.16. The fourth-order valence-corrected chi connectivity index (χ4v) is 1.30. The molecule has 0 atom stereocenters. The summed E-state index contributed by atoms with van der Waals surface area (Å²) in [5, 5.41) is 0. The van der Waals surface area contributed by atoms with Crippen LogP contribution in [0.2, 0.25) is 0 Å². The number of carbonyl (C=O) groups excluding carboxylic acids is 1. The van der Waals surface area contributed by atoms with E-state index in [-0.39, 0.29) is 5.78 Å². The van der Waals surface area contributed by atoms with Gasteiger partial charge in [0, 0.05) is 12.0 Å². The molecule has 50 valence electrons. The second-order valence-electron chi connectivity index (χ2n) is 2.76. The summed E-state index contributed by atoms with van der Waals surface area (Å²) in [7, 11) is 0. The maximum Gasteiger partial charge on any atom is 0.167 e. The number of hydrogen-bond acceptors (Lipinski definition) is 1. The Bertz CT molecular complexity index is 300. The normalized spacial score (nSPS) is 14.3. The highest BCUT2D eigenvalue weighted by atomic mass is 16.1. The number of aryl methyl sites for hydroxylation is 1. The van der Waals surface area contributed by atoms with Crippen molar-refractivity contribution in [2.45, 2.75) is 13.3 Å². The molecule has 1 aliphatic rings. The van der Waals surface area contributed by atoms with E-state index < -0.39 is 0 Å². The van der Waals surface area contributed by atoms with Gasteiger partial charge in [0.2, 0.25) is 0 Å². The van der Waals surface area contributed by atoms with Crippen molar-refractivity contribution in [2.24, 2.45) is 0 Å². The molecule has 0 fully saturated rings. The summed E-state index contributed by atoms with van der Waals surface area (Å²) in [5.74, 6) is 0.287. The molecule has 0 spiro atoms. The van der Waals surface area contributed by atoms with Crippen LogP contribution in [0.4, 0.5) is 0 Å². The summed E-state index contributed by atoms with van der Waals surface area (Å²) in [6.45, 7) is 2.04. The smallest absolute Gasteiger partial charge is 0.167 e. The van der Waals surface area contributed by atoms with Crippen LogP contribution in [-0.2, 0) is 6.42 Å². The maximum absolute atomic E-state index is 10.8. The van der Waals surface area contributed by atoms with Gasteiger partial charge < -0.3 is 0 Å². The molecular formula is C9H8O. The van der Waals surface area contributed by atoms with E-state index in [1.807, 2.05) is 19.1 Å². The second kappa shape index (κ2) is 1.69. The number of ketones is 1. The molecule has 0 saturated heterocycles. The predicted octanol–water partition coefficient (Wildman–Crippen LogP) is 1.73. The Morgan fingerprint density at radius 3 is 2.80 bits per heavy atom. The molecule has 0 bridgehead atoms. The van der Waals surface area contributed by atoms with Crippen molar-refractivity contribution in [2.75, 3.05) is 0 Å². The minimum atomic E-state index is 0.287. The lowest BCUT2D eigenvalue weighted by molar-refractivity contribution is 0.0968. The maximum atomic E-state index is 10.8. The summed E-state index contributed by atoms with van der Waals surface area (Å²) in [6, 6.07) is 5.98. The highest BCUT2D eigenvalue weighted by molar-refractivity contribution is 6.06. The molecule has 0 heterocycles. The van der Waals surface area contributed by atoms with Crippen LogP contribution in [0.5, 0.6) is 0 Å². The molecule has 10 heavy (non-hydrogen) atoms. The highest BCUT2D eigenvalue weighted by Gasteiger charge is 2.21. The first-order valence-electron chi connectivity index (χ1n) is 3.40. The monoisotopic (exact) mass is 132 g/mol. The Hall–Kier alpha value is -1.11. The average Bonchev–Trinajstić information content (AvgIpc) is 1.86. The van der Waals surface area contributed by atoms with E-state index in [1.54, 1.807) is 0 Å². The van der Waals surface area contributed by atoms with Crippen LogP contribution in [0.25, 0.3) is 0 Å². The number of fused-ring (bicyclic) bond motifs is 1. The molecular weight excluding hydrogens is 124 g/mol. The first-order chi connectivity index (χ1) is 4.77. The van der Waals surface area contributed by atoms with Crippen LogP contribution in [0.3, 0.4) is 0 Å². The van der Waals surface area contributed by atoms with Gasteiger partial charge in [-0.25, -0.2) is 0 Å². The molecule has 0 N–H and O–H groups in total. The van der Waals surface area contributed by atoms with Gasteiger partial charge in [-0.2, -0.15) is 0 Å². The van der Waals surface area contributed by atoms with Crippen LogP contribution in [0, 0.1) is 6.92 Å². The molecule has 1 aromatic carbocycles. The molecule has 2 rings (SSSR count). The molecule has 1 aromatic rings. The van der Waals surface area contributed by atoms with E-state index in [2.05, 4.69) is 6.07 Å². The number of benzene rings is 1. The van der Waals surface area contributed by atoms with Crippen molar-refractivity contribution in [3.63, 3.8) is 0 Å². The van der Waals surface area contributed by atoms with Crippen molar-refractivity contribution in [1.82, 2.24) is 0 Å². The summed E-state index contributed by atoms with van der Waals surface area (Å²) in [5.41, 5.74) is 3.38. The lowest BCUT2D eigenvalue weighted by Crippen LogP contribution is -2.18. The van der Waals surface area contributed by atoms with Gasteiger partial charge in [-0.15, -0.1) is 0 Å². The summed E-state index contributed by atoms with van der Waals surface area (Å²) in [4.78, 5) is 10.8. The predicted molar refractivity (Wildman–Crippen MR) is 39.2 cm³/mol. The van der Waals surface area contributed by atoms with Gasteiger partial charge in [0.05, 0.1) is 0 Å².